The molecule has 3 rings (SSSR count). The molecule has 1 aromatic heterocycles. The highest BCUT2D eigenvalue weighted by molar-refractivity contribution is 7.22. The lowest BCUT2D eigenvalue weighted by atomic mass is 10.0. The van der Waals surface area contributed by atoms with Gasteiger partial charge in [-0.25, -0.2) is 9.78 Å². The first-order valence-electron chi connectivity index (χ1n) is 9.87. The zero-order valence-electron chi connectivity index (χ0n) is 17.8. The summed E-state index contributed by atoms with van der Waals surface area (Å²) in [4.78, 5) is 28.9. The van der Waals surface area contributed by atoms with E-state index < -0.39 is 0 Å². The smallest absolute Gasteiger partial charge is 0.338 e. The maximum Gasteiger partial charge on any atom is 0.338 e. The van der Waals surface area contributed by atoms with Gasteiger partial charge in [-0.15, -0.1) is 0 Å². The van der Waals surface area contributed by atoms with Gasteiger partial charge in [0.05, 0.1) is 21.9 Å². The van der Waals surface area contributed by atoms with Crippen LogP contribution in [0.15, 0.2) is 36.4 Å². The van der Waals surface area contributed by atoms with Gasteiger partial charge in [0, 0.05) is 0 Å². The Morgan fingerprint density at radius 1 is 1.10 bits per heavy atom. The molecular weight excluding hydrogens is 400 g/mol. The van der Waals surface area contributed by atoms with Crippen LogP contribution in [-0.2, 0) is 9.53 Å². The second-order valence-corrected chi connectivity index (χ2v) is 8.72. The molecule has 1 heterocycles. The van der Waals surface area contributed by atoms with Crippen LogP contribution >= 0.6 is 11.3 Å². The Hall–Kier alpha value is -2.93. The van der Waals surface area contributed by atoms with Crippen LogP contribution in [0.2, 0.25) is 0 Å². The molecule has 0 saturated carbocycles. The summed E-state index contributed by atoms with van der Waals surface area (Å²) < 4.78 is 11.8. The Morgan fingerprint density at radius 3 is 2.57 bits per heavy atom. The van der Waals surface area contributed by atoms with Crippen LogP contribution in [0.1, 0.15) is 55.1 Å². The molecule has 30 heavy (non-hydrogen) atoms. The number of benzene rings is 2. The summed E-state index contributed by atoms with van der Waals surface area (Å²) >= 11 is 1.30. The van der Waals surface area contributed by atoms with Gasteiger partial charge in [0.25, 0.3) is 5.91 Å². The molecule has 7 heteroatoms. The molecule has 0 aliphatic carbocycles. The number of carbonyl (C=O) groups is 2. The number of ether oxygens (including phenoxy) is 2. The van der Waals surface area contributed by atoms with Gasteiger partial charge in [-0.2, -0.15) is 0 Å². The lowest BCUT2D eigenvalue weighted by Gasteiger charge is -2.14. The number of nitrogens with zero attached hydrogens (tertiary/aromatic N) is 1. The quantitative estimate of drug-likeness (QED) is 0.518. The lowest BCUT2D eigenvalue weighted by molar-refractivity contribution is -0.118. The predicted molar refractivity (Wildman–Crippen MR) is 120 cm³/mol. The van der Waals surface area contributed by atoms with Crippen LogP contribution < -0.4 is 10.1 Å². The Kier molecular flexibility index (Phi) is 6.72. The Bertz CT molecular complexity index is 1070. The molecule has 0 spiro atoms. The number of aromatic nitrogens is 1. The van der Waals surface area contributed by atoms with E-state index in [0.29, 0.717) is 22.1 Å². The van der Waals surface area contributed by atoms with Gasteiger partial charge in [0.1, 0.15) is 5.75 Å². The first-order chi connectivity index (χ1) is 14.2. The second-order valence-electron chi connectivity index (χ2n) is 7.69. The van der Waals surface area contributed by atoms with E-state index in [1.165, 1.54) is 11.3 Å². The maximum absolute atomic E-state index is 12.4. The summed E-state index contributed by atoms with van der Waals surface area (Å²) in [5, 5.41) is 3.23. The molecule has 1 amide bonds. The highest BCUT2D eigenvalue weighted by Gasteiger charge is 2.14. The average molecular weight is 427 g/mol. The van der Waals surface area contributed by atoms with Crippen LogP contribution in [0.5, 0.6) is 5.75 Å². The number of aryl methyl sites for hydroxylation is 1. The molecule has 0 saturated heterocycles. The number of nitrogens with one attached hydrogen (secondary N) is 1. The summed E-state index contributed by atoms with van der Waals surface area (Å²) in [6.45, 7) is 9.67. The van der Waals surface area contributed by atoms with Gasteiger partial charge in [0.2, 0.25) is 0 Å². The van der Waals surface area contributed by atoms with Crippen molar-refractivity contribution >= 4 is 38.6 Å². The van der Waals surface area contributed by atoms with Crippen molar-refractivity contribution in [2.24, 2.45) is 0 Å². The number of carbonyl (C=O) groups excluding carboxylic acids is 2. The number of rotatable bonds is 7. The fourth-order valence-corrected chi connectivity index (χ4v) is 3.85. The first-order valence-corrected chi connectivity index (χ1v) is 10.7. The van der Waals surface area contributed by atoms with Crippen molar-refractivity contribution in [3.05, 3.63) is 53.1 Å². The van der Waals surface area contributed by atoms with Crippen LogP contribution in [0, 0.1) is 6.92 Å². The van der Waals surface area contributed by atoms with Gasteiger partial charge in [0.15, 0.2) is 11.7 Å². The fraction of sp³-hybridized carbons (Fsp3) is 0.348. The molecule has 0 atom stereocenters. The first kappa shape index (κ1) is 21.8. The molecule has 0 radical (unpaired) electrons. The van der Waals surface area contributed by atoms with Crippen LogP contribution in [0.25, 0.3) is 10.2 Å². The minimum absolute atomic E-state index is 0.106. The maximum atomic E-state index is 12.4. The van der Waals surface area contributed by atoms with Crippen molar-refractivity contribution < 1.29 is 19.1 Å². The number of esters is 1. The molecular formula is C23H26N2O4S. The molecule has 3 aromatic rings. The van der Waals surface area contributed by atoms with Crippen LogP contribution in [0.4, 0.5) is 5.13 Å². The number of fused-ring (bicyclic) bond motifs is 1. The summed E-state index contributed by atoms with van der Waals surface area (Å²) in [7, 11) is 0. The molecule has 6 nitrogen and oxygen atoms in total. The van der Waals surface area contributed by atoms with Gasteiger partial charge < -0.3 is 9.47 Å². The second kappa shape index (κ2) is 9.26. The van der Waals surface area contributed by atoms with Gasteiger partial charge in [-0.3, -0.25) is 10.1 Å². The topological polar surface area (TPSA) is 77.5 Å². The van der Waals surface area contributed by atoms with E-state index in [-0.39, 0.29) is 24.6 Å². The van der Waals surface area contributed by atoms with Crippen molar-refractivity contribution in [1.82, 2.24) is 4.98 Å². The van der Waals surface area contributed by atoms with E-state index in [1.54, 1.807) is 32.0 Å². The highest BCUT2D eigenvalue weighted by atomic mass is 32.1. The number of amides is 1. The molecule has 0 aliphatic heterocycles. The summed E-state index contributed by atoms with van der Waals surface area (Å²) in [6, 6.07) is 11.2. The number of hydrogen-bond donors (Lipinski definition) is 1. The van der Waals surface area contributed by atoms with Gasteiger partial charge in [-0.1, -0.05) is 37.3 Å². The normalized spacial score (nSPS) is 11.2. The standard InChI is InChI=1S/C23H26N2O4S/c1-13(2)17-8-6-15(5)10-19(17)28-12-21(26)25-23-24-18-9-7-16(11-20(18)30-23)22(27)29-14(3)4/h6-11,13-14H,12H2,1-5H3,(H,24,25,26). The minimum atomic E-state index is -0.376. The summed E-state index contributed by atoms with van der Waals surface area (Å²) in [5.41, 5.74) is 3.31. The van der Waals surface area contributed by atoms with E-state index in [0.717, 1.165) is 21.6 Å². The zero-order valence-corrected chi connectivity index (χ0v) is 18.6. The minimum Gasteiger partial charge on any atom is -0.483 e. The number of anilines is 1. The van der Waals surface area contributed by atoms with E-state index in [1.807, 2.05) is 25.1 Å². The van der Waals surface area contributed by atoms with Crippen LogP contribution in [-0.4, -0.2) is 29.6 Å². The SMILES string of the molecule is Cc1ccc(C(C)C)c(OCC(=O)Nc2nc3ccc(C(=O)OC(C)C)cc3s2)c1. The van der Waals surface area contributed by atoms with Gasteiger partial charge >= 0.3 is 5.97 Å². The highest BCUT2D eigenvalue weighted by Crippen LogP contribution is 2.29. The Labute approximate surface area is 180 Å². The number of thiazole rings is 1. The van der Waals surface area contributed by atoms with E-state index in [4.69, 9.17) is 9.47 Å². The Balaban J connectivity index is 1.67. The fourth-order valence-electron chi connectivity index (χ4n) is 2.93. The Morgan fingerprint density at radius 2 is 1.87 bits per heavy atom. The van der Waals surface area contributed by atoms with Crippen molar-refractivity contribution in [2.75, 3.05) is 11.9 Å². The van der Waals surface area contributed by atoms with E-state index in [2.05, 4.69) is 24.1 Å². The molecule has 0 bridgehead atoms. The van der Waals surface area contributed by atoms with Crippen LogP contribution in [0.3, 0.4) is 0 Å². The molecule has 0 fully saturated rings. The van der Waals surface area contributed by atoms with Crippen molar-refractivity contribution in [3.8, 4) is 5.75 Å². The van der Waals surface area contributed by atoms with Crippen molar-refractivity contribution in [3.63, 3.8) is 0 Å². The third-order valence-electron chi connectivity index (χ3n) is 4.36. The van der Waals surface area contributed by atoms with E-state index in [9.17, 15) is 9.59 Å². The monoisotopic (exact) mass is 426 g/mol. The molecule has 158 valence electrons. The molecule has 1 N–H and O–H groups in total. The number of hydrogen-bond acceptors (Lipinski definition) is 6. The molecule has 0 unspecified atom stereocenters. The predicted octanol–water partition coefficient (Wildman–Crippen LogP) is 5.31. The average Bonchev–Trinajstić information content (AvgIpc) is 3.06. The van der Waals surface area contributed by atoms with Crippen molar-refractivity contribution in [2.45, 2.75) is 46.6 Å². The molecule has 2 aromatic carbocycles. The zero-order chi connectivity index (χ0) is 21.8. The summed E-state index contributed by atoms with van der Waals surface area (Å²) in [5.74, 6) is 0.352. The third-order valence-corrected chi connectivity index (χ3v) is 5.30. The lowest BCUT2D eigenvalue weighted by Crippen LogP contribution is -2.20. The van der Waals surface area contributed by atoms with E-state index >= 15 is 0 Å². The largest absolute Gasteiger partial charge is 0.483 e. The molecule has 0 aliphatic rings. The van der Waals surface area contributed by atoms with Gasteiger partial charge in [-0.05, 0) is 62.1 Å². The van der Waals surface area contributed by atoms with Crippen molar-refractivity contribution in [1.29, 1.82) is 0 Å². The third kappa shape index (κ3) is 5.36. The summed E-state index contributed by atoms with van der Waals surface area (Å²) in [6.07, 6.45) is -0.186.